The maximum absolute atomic E-state index is 9.60. The highest BCUT2D eigenvalue weighted by Gasteiger charge is 1.99. The third-order valence-electron chi connectivity index (χ3n) is 2.70. The van der Waals surface area contributed by atoms with Gasteiger partial charge in [-0.25, -0.2) is 0 Å². The molecule has 0 aliphatic rings. The van der Waals surface area contributed by atoms with E-state index in [4.69, 9.17) is 14.9 Å². The Morgan fingerprint density at radius 2 is 1.86 bits per heavy atom. The predicted octanol–water partition coefficient (Wildman–Crippen LogP) is 1.60. The van der Waals surface area contributed by atoms with Gasteiger partial charge >= 0.3 is 0 Å². The van der Waals surface area contributed by atoms with Gasteiger partial charge in [0.15, 0.2) is 0 Å². The van der Waals surface area contributed by atoms with Crippen molar-refractivity contribution in [2.75, 3.05) is 13.2 Å². The van der Waals surface area contributed by atoms with Crippen molar-refractivity contribution < 1.29 is 20.1 Å². The largest absolute Gasteiger partial charge is 0.498 e. The molecule has 0 aromatic rings. The summed E-state index contributed by atoms with van der Waals surface area (Å²) >= 11 is 0. The molecular weight excluding hydrogens is 268 g/mol. The second kappa shape index (κ2) is 14.9. The summed E-state index contributed by atoms with van der Waals surface area (Å²) in [6.45, 7) is 1.87. The number of aliphatic hydroxyl groups is 3. The van der Waals surface area contributed by atoms with Crippen molar-refractivity contribution in [2.45, 2.75) is 57.7 Å². The molecule has 0 fully saturated rings. The highest BCUT2D eigenvalue weighted by molar-refractivity contribution is 5.31. The molecule has 0 aliphatic heterocycles. The summed E-state index contributed by atoms with van der Waals surface area (Å²) < 4.78 is 4.91. The topological polar surface area (TPSA) is 69.9 Å². The molecule has 3 N–H and O–H groups in total. The van der Waals surface area contributed by atoms with E-state index in [1.165, 1.54) is 31.6 Å². The van der Waals surface area contributed by atoms with Gasteiger partial charge in [-0.15, -0.1) is 0 Å². The van der Waals surface area contributed by atoms with Crippen LogP contribution in [-0.2, 0) is 4.74 Å². The van der Waals surface area contributed by atoms with E-state index in [1.54, 1.807) is 0 Å². The van der Waals surface area contributed by atoms with E-state index in [2.05, 4.69) is 30.6 Å². The van der Waals surface area contributed by atoms with Crippen LogP contribution >= 0.6 is 0 Å². The van der Waals surface area contributed by atoms with E-state index >= 15 is 0 Å². The maximum atomic E-state index is 9.60. The Balaban J connectivity index is 3.71. The zero-order valence-electron chi connectivity index (χ0n) is 12.7. The lowest BCUT2D eigenvalue weighted by atomic mass is 10.1. The quantitative estimate of drug-likeness (QED) is 0.325. The highest BCUT2D eigenvalue weighted by Crippen LogP contribution is 2.06. The molecule has 0 saturated heterocycles. The first-order chi connectivity index (χ1) is 10.2. The van der Waals surface area contributed by atoms with Gasteiger partial charge in [-0.05, 0) is 24.7 Å². The van der Waals surface area contributed by atoms with Crippen LogP contribution in [0.15, 0.2) is 12.3 Å². The highest BCUT2D eigenvalue weighted by atomic mass is 16.5. The van der Waals surface area contributed by atoms with Crippen molar-refractivity contribution in [1.82, 2.24) is 0 Å². The van der Waals surface area contributed by atoms with Crippen molar-refractivity contribution in [2.24, 2.45) is 0 Å². The van der Waals surface area contributed by atoms with Crippen LogP contribution in [0.2, 0.25) is 0 Å². The maximum Gasteiger partial charge on any atom is 0.115 e. The van der Waals surface area contributed by atoms with Gasteiger partial charge in [0.1, 0.15) is 18.8 Å². The summed E-state index contributed by atoms with van der Waals surface area (Å²) in [6, 6.07) is 0. The van der Waals surface area contributed by atoms with E-state index in [1.807, 2.05) is 0 Å². The molecule has 21 heavy (non-hydrogen) atoms. The lowest BCUT2D eigenvalue weighted by Crippen LogP contribution is -2.17. The second-order valence-electron chi connectivity index (χ2n) is 4.73. The molecule has 0 aromatic heterocycles. The van der Waals surface area contributed by atoms with Crippen LogP contribution in [0.5, 0.6) is 0 Å². The normalized spacial score (nSPS) is 13.0. The van der Waals surface area contributed by atoms with Gasteiger partial charge in [0, 0.05) is 6.08 Å². The fourth-order valence-electron chi connectivity index (χ4n) is 1.51. The molecule has 0 rings (SSSR count). The molecule has 0 radical (unpaired) electrons. The number of allylic oxidation sites excluding steroid dienone is 1. The van der Waals surface area contributed by atoms with Crippen LogP contribution in [0.3, 0.4) is 0 Å². The molecule has 0 aromatic carbocycles. The predicted molar refractivity (Wildman–Crippen MR) is 83.1 cm³/mol. The van der Waals surface area contributed by atoms with E-state index < -0.39 is 12.2 Å². The van der Waals surface area contributed by atoms with Crippen LogP contribution < -0.4 is 0 Å². The third-order valence-corrected chi connectivity index (χ3v) is 2.70. The van der Waals surface area contributed by atoms with E-state index in [9.17, 15) is 5.11 Å². The number of rotatable bonds is 10. The monoisotopic (exact) mass is 294 g/mol. The fourth-order valence-corrected chi connectivity index (χ4v) is 1.51. The number of aliphatic hydroxyl groups excluding tert-OH is 3. The Bertz CT molecular complexity index is 381. The van der Waals surface area contributed by atoms with Gasteiger partial charge in [-0.2, -0.15) is 0 Å². The smallest absolute Gasteiger partial charge is 0.115 e. The van der Waals surface area contributed by atoms with Gasteiger partial charge < -0.3 is 20.1 Å². The summed E-state index contributed by atoms with van der Waals surface area (Å²) in [5, 5.41) is 27.1. The first-order valence-corrected chi connectivity index (χ1v) is 7.45. The second-order valence-corrected chi connectivity index (χ2v) is 4.73. The van der Waals surface area contributed by atoms with Crippen LogP contribution in [0.25, 0.3) is 0 Å². The first-order valence-electron chi connectivity index (χ1n) is 7.45. The molecular formula is C17H26O4. The van der Waals surface area contributed by atoms with Crippen molar-refractivity contribution in [3.05, 3.63) is 12.3 Å². The summed E-state index contributed by atoms with van der Waals surface area (Å²) in [5.41, 5.74) is 0. The summed E-state index contributed by atoms with van der Waals surface area (Å²) in [5.74, 6) is 10.5. The van der Waals surface area contributed by atoms with E-state index in [-0.39, 0.29) is 13.2 Å². The lowest BCUT2D eigenvalue weighted by molar-refractivity contribution is 0.0385. The number of ether oxygens (including phenoxy) is 1. The first kappa shape index (κ1) is 19.5. The Hall–Kier alpha value is -1.46. The molecule has 4 heteroatoms. The molecule has 0 heterocycles. The van der Waals surface area contributed by atoms with Gasteiger partial charge in [0.2, 0.25) is 0 Å². The Morgan fingerprint density at radius 1 is 1.10 bits per heavy atom. The molecule has 0 unspecified atom stereocenters. The minimum Gasteiger partial charge on any atom is -0.498 e. The van der Waals surface area contributed by atoms with Gasteiger partial charge in [0.05, 0.1) is 12.9 Å². The minimum atomic E-state index is -0.880. The van der Waals surface area contributed by atoms with Crippen molar-refractivity contribution in [3.63, 3.8) is 0 Å². The number of hydrogen-bond acceptors (Lipinski definition) is 4. The standard InChI is InChI=1S/C17H26O4/c1-2-3-4-5-8-11-16(19)12-9-6-7-10-13-21-15-17(20)14-18/h10,13,16-20H,2-5,8,11,14-15H2,1H3/b13-10-/t16-,17-/m0/s1. The minimum absolute atomic E-state index is 0.0249. The Kier molecular flexibility index (Phi) is 13.9. The van der Waals surface area contributed by atoms with Crippen molar-refractivity contribution in [1.29, 1.82) is 0 Å². The molecule has 0 amide bonds. The lowest BCUT2D eigenvalue weighted by Gasteiger charge is -2.04. The van der Waals surface area contributed by atoms with Gasteiger partial charge in [-0.3, -0.25) is 0 Å². The van der Waals surface area contributed by atoms with Crippen LogP contribution in [-0.4, -0.2) is 40.7 Å². The summed E-state index contributed by atoms with van der Waals surface area (Å²) in [6.07, 6.45) is 7.79. The molecule has 0 aliphatic carbocycles. The Labute approximate surface area is 127 Å². The zero-order valence-corrected chi connectivity index (χ0v) is 12.7. The summed E-state index contributed by atoms with van der Waals surface area (Å²) in [7, 11) is 0. The Morgan fingerprint density at radius 3 is 2.57 bits per heavy atom. The molecule has 118 valence electrons. The van der Waals surface area contributed by atoms with Crippen LogP contribution in [0, 0.1) is 23.7 Å². The van der Waals surface area contributed by atoms with Crippen LogP contribution in [0.4, 0.5) is 0 Å². The van der Waals surface area contributed by atoms with Gasteiger partial charge in [0.25, 0.3) is 0 Å². The number of unbranched alkanes of at least 4 members (excludes halogenated alkanes) is 4. The SMILES string of the molecule is CCCCCCC[C@H](O)C#CC#C/C=C\OC[C@@H](O)CO. The van der Waals surface area contributed by atoms with Crippen molar-refractivity contribution in [3.8, 4) is 23.7 Å². The fraction of sp³-hybridized carbons (Fsp3) is 0.647. The molecule has 0 bridgehead atoms. The van der Waals surface area contributed by atoms with E-state index in [0.717, 1.165) is 12.8 Å². The molecule has 0 spiro atoms. The average Bonchev–Trinajstić information content (AvgIpc) is 2.49. The van der Waals surface area contributed by atoms with Gasteiger partial charge in [-0.1, -0.05) is 44.4 Å². The molecule has 0 saturated carbocycles. The zero-order chi connectivity index (χ0) is 15.8. The average molecular weight is 294 g/mol. The van der Waals surface area contributed by atoms with Crippen molar-refractivity contribution >= 4 is 0 Å². The molecule has 2 atom stereocenters. The third kappa shape index (κ3) is 14.8. The molecule has 4 nitrogen and oxygen atoms in total. The van der Waals surface area contributed by atoms with Crippen LogP contribution in [0.1, 0.15) is 45.4 Å². The summed E-state index contributed by atoms with van der Waals surface area (Å²) in [4.78, 5) is 0. The van der Waals surface area contributed by atoms with E-state index in [0.29, 0.717) is 6.42 Å². The number of hydrogen-bond donors (Lipinski definition) is 3.